The third-order valence-electron chi connectivity index (χ3n) is 2.26. The SMILES string of the molecule is CC(=O)N1CC[C@@H](O)C[C@H]1C(=O)O. The van der Waals surface area contributed by atoms with E-state index in [2.05, 4.69) is 0 Å². The van der Waals surface area contributed by atoms with Crippen molar-refractivity contribution in [3.05, 3.63) is 0 Å². The summed E-state index contributed by atoms with van der Waals surface area (Å²) in [5.41, 5.74) is 0. The highest BCUT2D eigenvalue weighted by molar-refractivity contribution is 5.82. The normalized spacial score (nSPS) is 28.6. The van der Waals surface area contributed by atoms with E-state index in [0.717, 1.165) is 0 Å². The van der Waals surface area contributed by atoms with Gasteiger partial charge in [-0.15, -0.1) is 0 Å². The number of carboxylic acids is 1. The Morgan fingerprint density at radius 3 is 2.54 bits per heavy atom. The van der Waals surface area contributed by atoms with E-state index in [9.17, 15) is 14.7 Å². The predicted molar refractivity (Wildman–Crippen MR) is 44.1 cm³/mol. The van der Waals surface area contributed by atoms with Crippen LogP contribution in [0.4, 0.5) is 0 Å². The number of piperidine rings is 1. The number of aliphatic hydroxyl groups is 1. The summed E-state index contributed by atoms with van der Waals surface area (Å²) in [5.74, 6) is -1.30. The van der Waals surface area contributed by atoms with Crippen LogP contribution in [0.1, 0.15) is 19.8 Å². The number of aliphatic hydroxyl groups excluding tert-OH is 1. The van der Waals surface area contributed by atoms with Crippen LogP contribution in [-0.4, -0.2) is 45.7 Å². The lowest BCUT2D eigenvalue weighted by molar-refractivity contribution is -0.153. The lowest BCUT2D eigenvalue weighted by Gasteiger charge is -2.34. The molecule has 2 N–H and O–H groups in total. The third-order valence-corrected chi connectivity index (χ3v) is 2.26. The number of aliphatic carboxylic acids is 1. The standard InChI is InChI=1S/C8H13NO4/c1-5(10)9-3-2-6(11)4-7(9)8(12)13/h6-7,11H,2-4H2,1H3,(H,12,13)/t6-,7+/m1/s1. The molecule has 1 aliphatic rings. The molecular weight excluding hydrogens is 174 g/mol. The molecule has 1 aliphatic heterocycles. The number of amides is 1. The Kier molecular flexibility index (Phi) is 2.87. The number of nitrogens with zero attached hydrogens (tertiary/aromatic N) is 1. The van der Waals surface area contributed by atoms with E-state index in [1.807, 2.05) is 0 Å². The summed E-state index contributed by atoms with van der Waals surface area (Å²) in [6, 6.07) is -0.860. The molecule has 0 aromatic rings. The van der Waals surface area contributed by atoms with Crippen LogP contribution in [0.25, 0.3) is 0 Å². The third kappa shape index (κ3) is 2.18. The first-order chi connectivity index (χ1) is 6.02. The summed E-state index contributed by atoms with van der Waals surface area (Å²) >= 11 is 0. The zero-order valence-corrected chi connectivity index (χ0v) is 7.43. The Morgan fingerprint density at radius 1 is 1.46 bits per heavy atom. The molecule has 0 aromatic carbocycles. The zero-order chi connectivity index (χ0) is 10.0. The van der Waals surface area contributed by atoms with E-state index >= 15 is 0 Å². The van der Waals surface area contributed by atoms with Crippen molar-refractivity contribution < 1.29 is 19.8 Å². The van der Waals surface area contributed by atoms with Gasteiger partial charge in [0.1, 0.15) is 6.04 Å². The molecule has 74 valence electrons. The quantitative estimate of drug-likeness (QED) is 0.577. The molecule has 0 aromatic heterocycles. The van der Waals surface area contributed by atoms with Crippen LogP contribution in [-0.2, 0) is 9.59 Å². The summed E-state index contributed by atoms with van der Waals surface area (Å²) in [6.45, 7) is 1.67. The Labute approximate surface area is 76.0 Å². The van der Waals surface area contributed by atoms with Gasteiger partial charge in [-0.25, -0.2) is 4.79 Å². The summed E-state index contributed by atoms with van der Waals surface area (Å²) in [4.78, 5) is 23.0. The van der Waals surface area contributed by atoms with Crippen LogP contribution in [0.2, 0.25) is 0 Å². The molecule has 5 heteroatoms. The van der Waals surface area contributed by atoms with Crippen molar-refractivity contribution in [2.75, 3.05) is 6.54 Å². The predicted octanol–water partition coefficient (Wildman–Crippen LogP) is -0.557. The highest BCUT2D eigenvalue weighted by Gasteiger charge is 2.33. The van der Waals surface area contributed by atoms with Crippen molar-refractivity contribution in [1.29, 1.82) is 0 Å². The number of hydrogen-bond donors (Lipinski definition) is 2. The first kappa shape index (κ1) is 9.98. The topological polar surface area (TPSA) is 77.8 Å². The maximum absolute atomic E-state index is 11.0. The fraction of sp³-hybridized carbons (Fsp3) is 0.750. The van der Waals surface area contributed by atoms with Gasteiger partial charge < -0.3 is 15.1 Å². The van der Waals surface area contributed by atoms with E-state index in [1.54, 1.807) is 0 Å². The lowest BCUT2D eigenvalue weighted by Crippen LogP contribution is -2.50. The number of likely N-dealkylation sites (tertiary alicyclic amines) is 1. The molecule has 1 amide bonds. The number of carbonyl (C=O) groups is 2. The average molecular weight is 187 g/mol. The monoisotopic (exact) mass is 187 g/mol. The summed E-state index contributed by atoms with van der Waals surface area (Å²) in [6.07, 6.45) is -0.00477. The minimum absolute atomic E-state index is 0.134. The average Bonchev–Trinajstić information content (AvgIpc) is 2.03. The highest BCUT2D eigenvalue weighted by Crippen LogP contribution is 2.17. The van der Waals surface area contributed by atoms with Crippen molar-refractivity contribution in [1.82, 2.24) is 4.90 Å². The molecule has 0 saturated carbocycles. The number of rotatable bonds is 1. The van der Waals surface area contributed by atoms with Crippen molar-refractivity contribution in [3.8, 4) is 0 Å². The molecule has 0 bridgehead atoms. The van der Waals surface area contributed by atoms with Crippen molar-refractivity contribution >= 4 is 11.9 Å². The lowest BCUT2D eigenvalue weighted by atomic mass is 9.99. The van der Waals surface area contributed by atoms with Gasteiger partial charge >= 0.3 is 5.97 Å². The maximum Gasteiger partial charge on any atom is 0.326 e. The van der Waals surface area contributed by atoms with Gasteiger partial charge in [-0.1, -0.05) is 0 Å². The number of carboxylic acid groups (broad SMARTS) is 1. The van der Waals surface area contributed by atoms with Gasteiger partial charge in [0.2, 0.25) is 5.91 Å². The molecule has 5 nitrogen and oxygen atoms in total. The van der Waals surface area contributed by atoms with E-state index in [0.29, 0.717) is 13.0 Å². The number of carbonyl (C=O) groups excluding carboxylic acids is 1. The molecule has 0 aliphatic carbocycles. The zero-order valence-electron chi connectivity index (χ0n) is 7.43. The second-order valence-electron chi connectivity index (χ2n) is 3.24. The molecule has 13 heavy (non-hydrogen) atoms. The van der Waals surface area contributed by atoms with Gasteiger partial charge in [0.05, 0.1) is 6.10 Å². The fourth-order valence-corrected chi connectivity index (χ4v) is 1.56. The van der Waals surface area contributed by atoms with Gasteiger partial charge in [-0.05, 0) is 6.42 Å². The Bertz CT molecular complexity index is 228. The summed E-state index contributed by atoms with van der Waals surface area (Å²) in [5, 5.41) is 18.0. The molecule has 0 unspecified atom stereocenters. The van der Waals surface area contributed by atoms with Crippen LogP contribution < -0.4 is 0 Å². The van der Waals surface area contributed by atoms with Crippen LogP contribution in [0.3, 0.4) is 0 Å². The molecule has 2 atom stereocenters. The molecular formula is C8H13NO4. The Hall–Kier alpha value is -1.10. The molecule has 1 fully saturated rings. The largest absolute Gasteiger partial charge is 0.480 e. The minimum atomic E-state index is -1.05. The Balaban J connectivity index is 2.72. The Morgan fingerprint density at radius 2 is 2.08 bits per heavy atom. The molecule has 1 heterocycles. The van der Waals surface area contributed by atoms with Crippen molar-refractivity contribution in [2.45, 2.75) is 31.9 Å². The van der Waals surface area contributed by atoms with Gasteiger partial charge in [0.25, 0.3) is 0 Å². The minimum Gasteiger partial charge on any atom is -0.480 e. The van der Waals surface area contributed by atoms with Crippen molar-refractivity contribution in [3.63, 3.8) is 0 Å². The smallest absolute Gasteiger partial charge is 0.326 e. The van der Waals surface area contributed by atoms with Crippen LogP contribution >= 0.6 is 0 Å². The van der Waals surface area contributed by atoms with E-state index in [1.165, 1.54) is 11.8 Å². The van der Waals surface area contributed by atoms with Gasteiger partial charge in [-0.2, -0.15) is 0 Å². The molecule has 1 rings (SSSR count). The fourth-order valence-electron chi connectivity index (χ4n) is 1.56. The first-order valence-electron chi connectivity index (χ1n) is 4.20. The van der Waals surface area contributed by atoms with Crippen LogP contribution in [0, 0.1) is 0 Å². The summed E-state index contributed by atoms with van der Waals surface area (Å²) in [7, 11) is 0. The summed E-state index contributed by atoms with van der Waals surface area (Å²) < 4.78 is 0. The van der Waals surface area contributed by atoms with Gasteiger partial charge in [-0.3, -0.25) is 4.79 Å². The second kappa shape index (κ2) is 3.74. The second-order valence-corrected chi connectivity index (χ2v) is 3.24. The molecule has 0 spiro atoms. The van der Waals surface area contributed by atoms with E-state index < -0.39 is 18.1 Å². The maximum atomic E-state index is 11.0. The highest BCUT2D eigenvalue weighted by atomic mass is 16.4. The van der Waals surface area contributed by atoms with Crippen molar-refractivity contribution in [2.24, 2.45) is 0 Å². The van der Waals surface area contributed by atoms with Gasteiger partial charge in [0.15, 0.2) is 0 Å². The first-order valence-corrected chi connectivity index (χ1v) is 4.20. The molecule has 0 radical (unpaired) electrons. The molecule has 1 saturated heterocycles. The van der Waals surface area contributed by atoms with E-state index in [4.69, 9.17) is 5.11 Å². The van der Waals surface area contributed by atoms with E-state index in [-0.39, 0.29) is 12.3 Å². The van der Waals surface area contributed by atoms with Crippen LogP contribution in [0.5, 0.6) is 0 Å². The number of hydrogen-bond acceptors (Lipinski definition) is 3. The van der Waals surface area contributed by atoms with Gasteiger partial charge in [0, 0.05) is 19.9 Å². The van der Waals surface area contributed by atoms with Crippen LogP contribution in [0.15, 0.2) is 0 Å².